The Morgan fingerprint density at radius 1 is 1.11 bits per heavy atom. The number of hydrogen-bond acceptors (Lipinski definition) is 10. The van der Waals surface area contributed by atoms with Crippen LogP contribution in [0, 0.1) is 0 Å². The van der Waals surface area contributed by atoms with Gasteiger partial charge in [-0.15, -0.1) is 5.10 Å². The predicted molar refractivity (Wildman–Crippen MR) is 167 cm³/mol. The van der Waals surface area contributed by atoms with Crippen LogP contribution in [-0.2, 0) is 16.0 Å². The van der Waals surface area contributed by atoms with Crippen molar-refractivity contribution in [2.24, 2.45) is 0 Å². The zero-order valence-corrected chi connectivity index (χ0v) is 25.1. The van der Waals surface area contributed by atoms with Gasteiger partial charge in [-0.2, -0.15) is 0 Å². The Morgan fingerprint density at radius 3 is 2.59 bits per heavy atom. The van der Waals surface area contributed by atoms with Crippen LogP contribution in [0.15, 0.2) is 78.0 Å². The van der Waals surface area contributed by atoms with E-state index in [1.807, 2.05) is 42.3 Å². The van der Waals surface area contributed by atoms with Gasteiger partial charge in [0.25, 0.3) is 11.5 Å². The highest BCUT2D eigenvalue weighted by Gasteiger charge is 2.39. The maximum absolute atomic E-state index is 13.6. The quantitative estimate of drug-likeness (QED) is 0.237. The molecule has 14 heteroatoms. The minimum Gasteiger partial charge on any atom is -0.497 e. The molecule has 2 atom stereocenters. The average Bonchev–Trinajstić information content (AvgIpc) is 3.43. The number of anilines is 3. The highest BCUT2D eigenvalue weighted by Crippen LogP contribution is 2.29. The van der Waals surface area contributed by atoms with Gasteiger partial charge in [-0.05, 0) is 42.0 Å². The zero-order chi connectivity index (χ0) is 31.8. The normalized spacial score (nSPS) is 17.6. The first kappa shape index (κ1) is 29.4. The number of aromatic nitrogens is 5. The number of nitrogens with zero attached hydrogens (tertiary/aromatic N) is 6. The van der Waals surface area contributed by atoms with Gasteiger partial charge in [-0.25, -0.2) is 18.9 Å². The van der Waals surface area contributed by atoms with E-state index in [-0.39, 0.29) is 23.4 Å². The molecule has 5 aromatic rings. The number of methoxy groups -OCH3 is 1. The molecule has 1 aliphatic carbocycles. The molecule has 1 aromatic carbocycles. The standard InChI is InChI=1S/C32H31FN8O5/c1-39(18-19-5-8-21(44-2)9-6-19)25-15-27(38-41-26(17-35-29(25)41)30(42)37-24-14-22(24)33)36-23-4-3-11-40(31(23)43)28-10-7-20(16-34-28)32-45-12-13-46-32/h3-11,15-17,22,24,32H,12-14,18H2,1-2H3,(H,36,38)(H,37,42)/t22-,24+/m0/s1. The van der Waals surface area contributed by atoms with Gasteiger partial charge in [0.15, 0.2) is 23.4 Å². The minimum atomic E-state index is -1.06. The lowest BCUT2D eigenvalue weighted by Crippen LogP contribution is -2.28. The molecule has 1 saturated heterocycles. The van der Waals surface area contributed by atoms with Crippen LogP contribution >= 0.6 is 0 Å². The van der Waals surface area contributed by atoms with Crippen LogP contribution in [0.4, 0.5) is 21.6 Å². The van der Waals surface area contributed by atoms with Gasteiger partial charge < -0.3 is 29.7 Å². The van der Waals surface area contributed by atoms with Crippen molar-refractivity contribution in [3.8, 4) is 11.6 Å². The molecule has 1 saturated carbocycles. The Morgan fingerprint density at radius 2 is 1.89 bits per heavy atom. The summed E-state index contributed by atoms with van der Waals surface area (Å²) in [5.74, 6) is 0.963. The van der Waals surface area contributed by atoms with Crippen molar-refractivity contribution in [1.29, 1.82) is 0 Å². The molecule has 1 aliphatic heterocycles. The molecular formula is C32H31FN8O5. The molecule has 46 heavy (non-hydrogen) atoms. The molecule has 4 aromatic heterocycles. The van der Waals surface area contributed by atoms with E-state index in [9.17, 15) is 14.0 Å². The van der Waals surface area contributed by atoms with Gasteiger partial charge in [-0.3, -0.25) is 14.2 Å². The number of rotatable bonds is 10. The van der Waals surface area contributed by atoms with Crippen molar-refractivity contribution in [3.05, 3.63) is 100 Å². The largest absolute Gasteiger partial charge is 0.497 e. The van der Waals surface area contributed by atoms with Gasteiger partial charge in [0, 0.05) is 44.0 Å². The summed E-state index contributed by atoms with van der Waals surface area (Å²) in [6, 6.07) is 15.8. The van der Waals surface area contributed by atoms with Gasteiger partial charge in [0.05, 0.1) is 38.2 Å². The van der Waals surface area contributed by atoms with Gasteiger partial charge >= 0.3 is 0 Å². The lowest BCUT2D eigenvalue weighted by atomic mass is 10.2. The number of pyridine rings is 2. The number of carbonyl (C=O) groups is 1. The van der Waals surface area contributed by atoms with Crippen LogP contribution in [0.1, 0.15) is 34.3 Å². The fourth-order valence-electron chi connectivity index (χ4n) is 5.23. The first-order valence-electron chi connectivity index (χ1n) is 14.7. The van der Waals surface area contributed by atoms with Crippen molar-refractivity contribution < 1.29 is 23.4 Å². The maximum Gasteiger partial charge on any atom is 0.279 e. The van der Waals surface area contributed by atoms with Crippen molar-refractivity contribution >= 4 is 28.7 Å². The Kier molecular flexibility index (Phi) is 7.80. The van der Waals surface area contributed by atoms with E-state index in [1.165, 1.54) is 15.3 Å². The Balaban J connectivity index is 1.22. The molecule has 0 bridgehead atoms. The van der Waals surface area contributed by atoms with E-state index < -0.39 is 24.4 Å². The van der Waals surface area contributed by atoms with Gasteiger partial charge in [0.2, 0.25) is 0 Å². The number of amides is 1. The van der Waals surface area contributed by atoms with Crippen molar-refractivity contribution in [2.45, 2.75) is 31.5 Å². The summed E-state index contributed by atoms with van der Waals surface area (Å²) >= 11 is 0. The van der Waals surface area contributed by atoms with Crippen LogP contribution in [0.5, 0.6) is 5.75 Å². The summed E-state index contributed by atoms with van der Waals surface area (Å²) in [7, 11) is 3.50. The van der Waals surface area contributed by atoms with E-state index in [1.54, 1.807) is 43.8 Å². The lowest BCUT2D eigenvalue weighted by Gasteiger charge is -2.21. The fourth-order valence-corrected chi connectivity index (χ4v) is 5.23. The topological polar surface area (TPSA) is 137 Å². The number of carbonyl (C=O) groups excluding carboxylic acids is 1. The average molecular weight is 627 g/mol. The van der Waals surface area contributed by atoms with Crippen LogP contribution in [0.3, 0.4) is 0 Å². The Bertz CT molecular complexity index is 1940. The maximum atomic E-state index is 13.6. The van der Waals surface area contributed by atoms with Gasteiger partial charge in [-0.1, -0.05) is 12.1 Å². The van der Waals surface area contributed by atoms with Crippen LogP contribution < -0.4 is 25.8 Å². The summed E-state index contributed by atoms with van der Waals surface area (Å²) in [5, 5.41) is 10.4. The number of halogens is 1. The minimum absolute atomic E-state index is 0.141. The van der Waals surface area contributed by atoms with Crippen LogP contribution in [0.25, 0.3) is 11.5 Å². The van der Waals surface area contributed by atoms with E-state index in [2.05, 4.69) is 25.7 Å². The molecular weight excluding hydrogens is 595 g/mol. The highest BCUT2D eigenvalue weighted by molar-refractivity contribution is 5.94. The summed E-state index contributed by atoms with van der Waals surface area (Å²) in [6.07, 6.45) is 3.40. The molecule has 5 heterocycles. The van der Waals surface area contributed by atoms with Crippen molar-refractivity contribution in [2.75, 3.05) is 37.6 Å². The second-order valence-electron chi connectivity index (χ2n) is 11.1. The molecule has 2 fully saturated rings. The smallest absolute Gasteiger partial charge is 0.279 e. The lowest BCUT2D eigenvalue weighted by molar-refractivity contribution is -0.0443. The Hall–Kier alpha value is -5.34. The third-order valence-corrected chi connectivity index (χ3v) is 7.82. The molecule has 2 aliphatic rings. The number of benzene rings is 1. The number of nitrogens with one attached hydrogen (secondary N) is 2. The fraction of sp³-hybridized carbons (Fsp3) is 0.281. The number of ether oxygens (including phenoxy) is 3. The van der Waals surface area contributed by atoms with Gasteiger partial charge in [0.1, 0.15) is 23.4 Å². The second-order valence-corrected chi connectivity index (χ2v) is 11.1. The number of fused-ring (bicyclic) bond motifs is 1. The zero-order valence-electron chi connectivity index (χ0n) is 25.1. The van der Waals surface area contributed by atoms with Crippen molar-refractivity contribution in [1.82, 2.24) is 29.5 Å². The monoisotopic (exact) mass is 626 g/mol. The second kappa shape index (κ2) is 12.2. The SMILES string of the molecule is COc1ccc(CN(C)c2cc(Nc3cccn(-c4ccc(C5OCCO5)cn4)c3=O)nn3c(C(=O)N[C@@H]4C[C@@H]4F)cnc23)cc1. The summed E-state index contributed by atoms with van der Waals surface area (Å²) in [4.78, 5) is 37.6. The first-order valence-corrected chi connectivity index (χ1v) is 14.7. The molecule has 0 unspecified atom stereocenters. The predicted octanol–water partition coefficient (Wildman–Crippen LogP) is 3.55. The molecule has 1 amide bonds. The Labute approximate surface area is 262 Å². The third kappa shape index (κ3) is 5.87. The number of imidazole rings is 1. The first-order chi connectivity index (χ1) is 22.4. The molecule has 13 nitrogen and oxygen atoms in total. The van der Waals surface area contributed by atoms with E-state index >= 15 is 0 Å². The summed E-state index contributed by atoms with van der Waals surface area (Å²) < 4.78 is 32.7. The molecule has 236 valence electrons. The van der Waals surface area contributed by atoms with E-state index in [0.717, 1.165) is 16.9 Å². The number of alkyl halides is 1. The molecule has 2 N–H and O–H groups in total. The van der Waals surface area contributed by atoms with Crippen molar-refractivity contribution in [3.63, 3.8) is 0 Å². The molecule has 0 spiro atoms. The number of hydrogen-bond donors (Lipinski definition) is 2. The summed E-state index contributed by atoms with van der Waals surface area (Å²) in [5.41, 5.74) is 2.85. The van der Waals surface area contributed by atoms with Crippen LogP contribution in [-0.4, -0.2) is 69.6 Å². The molecule has 7 rings (SSSR count). The highest BCUT2D eigenvalue weighted by atomic mass is 19.1. The molecule has 0 radical (unpaired) electrons. The third-order valence-electron chi connectivity index (χ3n) is 7.82. The van der Waals surface area contributed by atoms with E-state index in [0.29, 0.717) is 42.7 Å². The summed E-state index contributed by atoms with van der Waals surface area (Å²) in [6.45, 7) is 1.53. The van der Waals surface area contributed by atoms with E-state index in [4.69, 9.17) is 14.2 Å². The van der Waals surface area contributed by atoms with Crippen LogP contribution in [0.2, 0.25) is 0 Å².